The van der Waals surface area contributed by atoms with E-state index in [1.165, 1.54) is 12.8 Å². The number of nitrogens with one attached hydrogen (secondary N) is 1. The molecule has 26 heavy (non-hydrogen) atoms. The van der Waals surface area contributed by atoms with Gasteiger partial charge in [0.2, 0.25) is 5.91 Å². The number of rotatable bonds is 5. The monoisotopic (exact) mass is 359 g/mol. The van der Waals surface area contributed by atoms with Gasteiger partial charge in [-0.3, -0.25) is 14.5 Å². The SMILES string of the molecule is CNC(=O)[C@@H](C1CCCC1)N1CCN(C(=O)c2ccc(OC)cc2)CC1. The van der Waals surface area contributed by atoms with Crippen molar-refractivity contribution in [3.63, 3.8) is 0 Å². The largest absolute Gasteiger partial charge is 0.497 e. The number of ether oxygens (including phenoxy) is 1. The third-order valence-corrected chi connectivity index (χ3v) is 5.69. The molecule has 0 aromatic heterocycles. The fourth-order valence-electron chi connectivity index (χ4n) is 4.22. The standard InChI is InChI=1S/C20H29N3O3/c1-21-19(24)18(15-5-3-4-6-15)22-11-13-23(14-12-22)20(25)16-7-9-17(26-2)10-8-16/h7-10,15,18H,3-6,11-14H2,1-2H3,(H,21,24)/t18-/m1/s1. The van der Waals surface area contributed by atoms with Crippen LogP contribution in [0.1, 0.15) is 36.0 Å². The van der Waals surface area contributed by atoms with Gasteiger partial charge in [0.25, 0.3) is 5.91 Å². The van der Waals surface area contributed by atoms with Crippen LogP contribution in [0.4, 0.5) is 0 Å². The van der Waals surface area contributed by atoms with Crippen LogP contribution in [0.25, 0.3) is 0 Å². The first-order valence-electron chi connectivity index (χ1n) is 9.53. The topological polar surface area (TPSA) is 61.9 Å². The average Bonchev–Trinajstić information content (AvgIpc) is 3.22. The smallest absolute Gasteiger partial charge is 0.253 e. The van der Waals surface area contributed by atoms with Gasteiger partial charge in [-0.2, -0.15) is 0 Å². The van der Waals surface area contributed by atoms with Gasteiger partial charge in [-0.1, -0.05) is 12.8 Å². The van der Waals surface area contributed by atoms with E-state index in [0.29, 0.717) is 24.6 Å². The first-order chi connectivity index (χ1) is 12.6. The maximum Gasteiger partial charge on any atom is 0.253 e. The predicted molar refractivity (Wildman–Crippen MR) is 100 cm³/mol. The lowest BCUT2D eigenvalue weighted by atomic mass is 9.95. The van der Waals surface area contributed by atoms with E-state index in [1.807, 2.05) is 17.0 Å². The number of carbonyl (C=O) groups excluding carboxylic acids is 2. The van der Waals surface area contributed by atoms with Gasteiger partial charge in [0, 0.05) is 38.8 Å². The van der Waals surface area contributed by atoms with Crippen LogP contribution in [0.5, 0.6) is 5.75 Å². The van der Waals surface area contributed by atoms with Crippen LogP contribution < -0.4 is 10.1 Å². The summed E-state index contributed by atoms with van der Waals surface area (Å²) in [6.45, 7) is 2.81. The number of hydrogen-bond acceptors (Lipinski definition) is 4. The van der Waals surface area contributed by atoms with Crippen molar-refractivity contribution in [2.75, 3.05) is 40.3 Å². The molecule has 1 aromatic carbocycles. The Labute approximate surface area is 155 Å². The summed E-state index contributed by atoms with van der Waals surface area (Å²) in [7, 11) is 3.33. The maximum atomic E-state index is 12.7. The molecule has 3 rings (SSSR count). The quantitative estimate of drug-likeness (QED) is 0.870. The third-order valence-electron chi connectivity index (χ3n) is 5.69. The molecule has 1 aliphatic carbocycles. The molecule has 0 bridgehead atoms. The molecule has 1 heterocycles. The van der Waals surface area contributed by atoms with Gasteiger partial charge in [-0.25, -0.2) is 0 Å². The Balaban J connectivity index is 1.61. The highest BCUT2D eigenvalue weighted by atomic mass is 16.5. The zero-order valence-corrected chi connectivity index (χ0v) is 15.7. The van der Waals surface area contributed by atoms with Crippen molar-refractivity contribution in [1.29, 1.82) is 0 Å². The van der Waals surface area contributed by atoms with Gasteiger partial charge in [0.1, 0.15) is 5.75 Å². The fourth-order valence-corrected chi connectivity index (χ4v) is 4.22. The summed E-state index contributed by atoms with van der Waals surface area (Å²) in [6.07, 6.45) is 4.69. The summed E-state index contributed by atoms with van der Waals surface area (Å²) >= 11 is 0. The molecule has 6 nitrogen and oxygen atoms in total. The van der Waals surface area contributed by atoms with E-state index in [-0.39, 0.29) is 17.9 Å². The van der Waals surface area contributed by atoms with Crippen LogP contribution in [-0.4, -0.2) is 68.0 Å². The number of benzene rings is 1. The average molecular weight is 359 g/mol. The van der Waals surface area contributed by atoms with Gasteiger partial charge in [-0.05, 0) is 43.0 Å². The van der Waals surface area contributed by atoms with E-state index in [9.17, 15) is 9.59 Å². The zero-order chi connectivity index (χ0) is 18.5. The minimum absolute atomic E-state index is 0.0460. The van der Waals surface area contributed by atoms with E-state index in [0.717, 1.165) is 31.7 Å². The van der Waals surface area contributed by atoms with Crippen molar-refractivity contribution in [1.82, 2.24) is 15.1 Å². The van der Waals surface area contributed by atoms with Gasteiger partial charge >= 0.3 is 0 Å². The predicted octanol–water partition coefficient (Wildman–Crippen LogP) is 1.76. The van der Waals surface area contributed by atoms with Crippen molar-refractivity contribution in [3.8, 4) is 5.75 Å². The number of hydrogen-bond donors (Lipinski definition) is 1. The Bertz CT molecular complexity index is 618. The Morgan fingerprint density at radius 2 is 1.69 bits per heavy atom. The molecule has 1 atom stereocenters. The lowest BCUT2D eigenvalue weighted by Crippen LogP contribution is -2.57. The second-order valence-electron chi connectivity index (χ2n) is 7.16. The molecule has 6 heteroatoms. The molecule has 1 saturated heterocycles. The molecule has 2 aliphatic rings. The van der Waals surface area contributed by atoms with Crippen molar-refractivity contribution in [2.45, 2.75) is 31.7 Å². The highest BCUT2D eigenvalue weighted by molar-refractivity contribution is 5.94. The van der Waals surface area contributed by atoms with E-state index >= 15 is 0 Å². The van der Waals surface area contributed by atoms with Crippen LogP contribution in [0, 0.1) is 5.92 Å². The van der Waals surface area contributed by atoms with Gasteiger partial charge < -0.3 is 15.0 Å². The van der Waals surface area contributed by atoms with E-state index in [1.54, 1.807) is 26.3 Å². The number of methoxy groups -OCH3 is 1. The molecular weight excluding hydrogens is 330 g/mol. The molecule has 142 valence electrons. The van der Waals surface area contributed by atoms with Crippen LogP contribution in [0.2, 0.25) is 0 Å². The first-order valence-corrected chi connectivity index (χ1v) is 9.53. The minimum atomic E-state index is -0.0549. The summed E-state index contributed by atoms with van der Waals surface area (Å²) < 4.78 is 5.15. The van der Waals surface area contributed by atoms with Crippen LogP contribution in [0.15, 0.2) is 24.3 Å². The molecule has 0 spiro atoms. The van der Waals surface area contributed by atoms with E-state index in [4.69, 9.17) is 4.74 Å². The molecule has 0 unspecified atom stereocenters. The normalized spacial score (nSPS) is 20.0. The molecule has 0 radical (unpaired) electrons. The van der Waals surface area contributed by atoms with E-state index < -0.39 is 0 Å². The third kappa shape index (κ3) is 4.01. The second kappa shape index (κ2) is 8.54. The van der Waals surface area contributed by atoms with Crippen molar-refractivity contribution in [3.05, 3.63) is 29.8 Å². The molecule has 1 aromatic rings. The molecular formula is C20H29N3O3. The summed E-state index contributed by atoms with van der Waals surface area (Å²) in [5, 5.41) is 2.84. The summed E-state index contributed by atoms with van der Waals surface area (Å²) in [4.78, 5) is 29.3. The fraction of sp³-hybridized carbons (Fsp3) is 0.600. The molecule has 2 amide bonds. The van der Waals surface area contributed by atoms with Gasteiger partial charge in [0.15, 0.2) is 0 Å². The van der Waals surface area contributed by atoms with Gasteiger partial charge in [0.05, 0.1) is 13.2 Å². The minimum Gasteiger partial charge on any atom is -0.497 e. The Hall–Kier alpha value is -2.08. The molecule has 1 aliphatic heterocycles. The highest BCUT2D eigenvalue weighted by Gasteiger charge is 2.36. The summed E-state index contributed by atoms with van der Waals surface area (Å²) in [6, 6.07) is 7.18. The lowest BCUT2D eigenvalue weighted by Gasteiger charge is -2.40. The number of likely N-dealkylation sites (N-methyl/N-ethyl adjacent to an activating group) is 1. The summed E-state index contributed by atoms with van der Waals surface area (Å²) in [5.74, 6) is 1.35. The highest BCUT2D eigenvalue weighted by Crippen LogP contribution is 2.31. The van der Waals surface area contributed by atoms with E-state index in [2.05, 4.69) is 10.2 Å². The van der Waals surface area contributed by atoms with Gasteiger partial charge in [-0.15, -0.1) is 0 Å². The Kier molecular flexibility index (Phi) is 6.14. The maximum absolute atomic E-state index is 12.7. The number of carbonyl (C=O) groups is 2. The molecule has 1 saturated carbocycles. The number of nitrogens with zero attached hydrogens (tertiary/aromatic N) is 2. The second-order valence-corrected chi connectivity index (χ2v) is 7.16. The Morgan fingerprint density at radius 1 is 1.08 bits per heavy atom. The first kappa shape index (κ1) is 18.7. The van der Waals surface area contributed by atoms with Crippen LogP contribution in [-0.2, 0) is 4.79 Å². The molecule has 1 N–H and O–H groups in total. The van der Waals surface area contributed by atoms with Crippen LogP contribution in [0.3, 0.4) is 0 Å². The van der Waals surface area contributed by atoms with Crippen molar-refractivity contribution >= 4 is 11.8 Å². The zero-order valence-electron chi connectivity index (χ0n) is 15.7. The molecule has 2 fully saturated rings. The number of amides is 2. The number of piperazine rings is 1. The summed E-state index contributed by atoms with van der Waals surface area (Å²) in [5.41, 5.74) is 0.679. The lowest BCUT2D eigenvalue weighted by molar-refractivity contribution is -0.128. The Morgan fingerprint density at radius 3 is 2.23 bits per heavy atom. The van der Waals surface area contributed by atoms with Crippen molar-refractivity contribution in [2.24, 2.45) is 5.92 Å². The van der Waals surface area contributed by atoms with Crippen LogP contribution >= 0.6 is 0 Å². The van der Waals surface area contributed by atoms with Crippen molar-refractivity contribution < 1.29 is 14.3 Å².